The standard InChI is InChI=1S/C11H20N6O2/c1-17(2)10-15-8(12)14-9(16-10)13-6-11(18-3)4-5-19-7-11/h4-7H2,1-3H3,(H3,12,13,14,15,16). The third-order valence-electron chi connectivity index (χ3n) is 3.11. The number of nitrogens with two attached hydrogens (primary N) is 1. The molecule has 2 rings (SSSR count). The number of methoxy groups -OCH3 is 1. The fourth-order valence-electron chi connectivity index (χ4n) is 1.86. The number of nitrogen functional groups attached to an aromatic ring is 1. The van der Waals surface area contributed by atoms with E-state index in [2.05, 4.69) is 20.3 Å². The lowest BCUT2D eigenvalue weighted by Crippen LogP contribution is -2.40. The number of hydrogen-bond donors (Lipinski definition) is 2. The van der Waals surface area contributed by atoms with Crippen molar-refractivity contribution in [1.82, 2.24) is 15.0 Å². The van der Waals surface area contributed by atoms with Crippen LogP contribution in [0.5, 0.6) is 0 Å². The van der Waals surface area contributed by atoms with Crippen LogP contribution in [-0.4, -0.2) is 61.5 Å². The van der Waals surface area contributed by atoms with Crippen molar-refractivity contribution in [3.8, 4) is 0 Å². The van der Waals surface area contributed by atoms with Crippen LogP contribution >= 0.6 is 0 Å². The van der Waals surface area contributed by atoms with Crippen molar-refractivity contribution in [2.75, 3.05) is 56.9 Å². The maximum atomic E-state index is 5.66. The van der Waals surface area contributed by atoms with Gasteiger partial charge in [-0.3, -0.25) is 0 Å². The Morgan fingerprint density at radius 1 is 1.42 bits per heavy atom. The molecule has 2 heterocycles. The summed E-state index contributed by atoms with van der Waals surface area (Å²) in [5.74, 6) is 1.15. The van der Waals surface area contributed by atoms with E-state index in [1.54, 1.807) is 12.0 Å². The van der Waals surface area contributed by atoms with Gasteiger partial charge in [0.05, 0.1) is 6.61 Å². The summed E-state index contributed by atoms with van der Waals surface area (Å²) >= 11 is 0. The molecule has 1 aliphatic heterocycles. The minimum absolute atomic E-state index is 0.190. The van der Waals surface area contributed by atoms with Gasteiger partial charge in [0.25, 0.3) is 0 Å². The smallest absolute Gasteiger partial charge is 0.231 e. The lowest BCUT2D eigenvalue weighted by atomic mass is 10.0. The summed E-state index contributed by atoms with van der Waals surface area (Å²) < 4.78 is 10.9. The molecule has 1 fully saturated rings. The van der Waals surface area contributed by atoms with Crippen LogP contribution in [0.15, 0.2) is 0 Å². The molecule has 106 valence electrons. The van der Waals surface area contributed by atoms with Crippen LogP contribution in [0.2, 0.25) is 0 Å². The summed E-state index contributed by atoms with van der Waals surface area (Å²) in [6.45, 7) is 1.84. The molecule has 8 heteroatoms. The van der Waals surface area contributed by atoms with Crippen molar-refractivity contribution in [2.24, 2.45) is 0 Å². The van der Waals surface area contributed by atoms with Crippen molar-refractivity contribution in [1.29, 1.82) is 0 Å². The Hall–Kier alpha value is -1.67. The molecule has 1 aromatic rings. The minimum atomic E-state index is -0.320. The van der Waals surface area contributed by atoms with E-state index in [0.29, 0.717) is 31.7 Å². The molecular formula is C11H20N6O2. The first-order chi connectivity index (χ1) is 9.04. The third-order valence-corrected chi connectivity index (χ3v) is 3.11. The Morgan fingerprint density at radius 2 is 2.21 bits per heavy atom. The predicted molar refractivity (Wildman–Crippen MR) is 72.2 cm³/mol. The quantitative estimate of drug-likeness (QED) is 0.753. The molecule has 1 atom stereocenters. The summed E-state index contributed by atoms with van der Waals surface area (Å²) in [5, 5.41) is 3.14. The van der Waals surface area contributed by atoms with E-state index in [4.69, 9.17) is 15.2 Å². The Labute approximate surface area is 112 Å². The molecule has 1 saturated heterocycles. The molecule has 1 unspecified atom stereocenters. The van der Waals surface area contributed by atoms with Crippen LogP contribution in [0, 0.1) is 0 Å². The van der Waals surface area contributed by atoms with Crippen LogP contribution in [0.1, 0.15) is 6.42 Å². The zero-order chi connectivity index (χ0) is 13.9. The van der Waals surface area contributed by atoms with E-state index in [-0.39, 0.29) is 11.5 Å². The SMILES string of the molecule is COC1(CNc2nc(N)nc(N(C)C)n2)CCOC1. The molecule has 1 aliphatic rings. The number of nitrogens with one attached hydrogen (secondary N) is 1. The summed E-state index contributed by atoms with van der Waals surface area (Å²) in [6, 6.07) is 0. The molecule has 0 radical (unpaired) electrons. The summed E-state index contributed by atoms with van der Waals surface area (Å²) in [4.78, 5) is 14.1. The van der Waals surface area contributed by atoms with Crippen LogP contribution in [0.4, 0.5) is 17.8 Å². The average Bonchev–Trinajstić information content (AvgIpc) is 2.85. The van der Waals surface area contributed by atoms with Crippen LogP contribution < -0.4 is 16.0 Å². The van der Waals surface area contributed by atoms with Gasteiger partial charge in [-0.25, -0.2) is 0 Å². The van der Waals surface area contributed by atoms with E-state index in [9.17, 15) is 0 Å². The molecule has 3 N–H and O–H groups in total. The zero-order valence-corrected chi connectivity index (χ0v) is 11.5. The molecule has 0 saturated carbocycles. The van der Waals surface area contributed by atoms with Crippen LogP contribution in [0.25, 0.3) is 0 Å². The van der Waals surface area contributed by atoms with Crippen molar-refractivity contribution < 1.29 is 9.47 Å². The molecule has 1 aromatic heterocycles. The van der Waals surface area contributed by atoms with E-state index < -0.39 is 0 Å². The number of rotatable bonds is 5. The Morgan fingerprint density at radius 3 is 2.79 bits per heavy atom. The lowest BCUT2D eigenvalue weighted by molar-refractivity contribution is -0.00631. The highest BCUT2D eigenvalue weighted by Gasteiger charge is 2.35. The second-order valence-corrected chi connectivity index (χ2v) is 4.75. The van der Waals surface area contributed by atoms with Gasteiger partial charge in [0.1, 0.15) is 5.60 Å². The number of nitrogens with zero attached hydrogens (tertiary/aromatic N) is 4. The molecule has 0 amide bonds. The normalized spacial score (nSPS) is 22.5. The predicted octanol–water partition coefficient (Wildman–Crippen LogP) is -0.263. The molecule has 0 aromatic carbocycles. The number of hydrogen-bond acceptors (Lipinski definition) is 8. The fourth-order valence-corrected chi connectivity index (χ4v) is 1.86. The van der Waals surface area contributed by atoms with Gasteiger partial charge in [-0.15, -0.1) is 0 Å². The largest absolute Gasteiger partial charge is 0.378 e. The molecule has 0 bridgehead atoms. The number of ether oxygens (including phenoxy) is 2. The zero-order valence-electron chi connectivity index (χ0n) is 11.5. The second-order valence-electron chi connectivity index (χ2n) is 4.75. The first-order valence-electron chi connectivity index (χ1n) is 6.10. The Bertz CT molecular complexity index is 433. The van der Waals surface area contributed by atoms with Gasteiger partial charge in [-0.1, -0.05) is 0 Å². The fraction of sp³-hybridized carbons (Fsp3) is 0.727. The van der Waals surface area contributed by atoms with Crippen molar-refractivity contribution >= 4 is 17.8 Å². The highest BCUT2D eigenvalue weighted by atomic mass is 16.5. The van der Waals surface area contributed by atoms with E-state index >= 15 is 0 Å². The monoisotopic (exact) mass is 268 g/mol. The highest BCUT2D eigenvalue weighted by Crippen LogP contribution is 2.22. The van der Waals surface area contributed by atoms with Crippen molar-refractivity contribution in [3.63, 3.8) is 0 Å². The number of aromatic nitrogens is 3. The van der Waals surface area contributed by atoms with Gasteiger partial charge in [0.2, 0.25) is 17.8 Å². The minimum Gasteiger partial charge on any atom is -0.378 e. The maximum absolute atomic E-state index is 5.66. The number of anilines is 3. The van der Waals surface area contributed by atoms with Gasteiger partial charge in [-0.2, -0.15) is 15.0 Å². The van der Waals surface area contributed by atoms with E-state index in [0.717, 1.165) is 6.42 Å². The maximum Gasteiger partial charge on any atom is 0.231 e. The van der Waals surface area contributed by atoms with Gasteiger partial charge in [-0.05, 0) is 0 Å². The average molecular weight is 268 g/mol. The van der Waals surface area contributed by atoms with E-state index in [1.165, 1.54) is 0 Å². The summed E-state index contributed by atoms with van der Waals surface area (Å²) in [6.07, 6.45) is 0.845. The van der Waals surface area contributed by atoms with Crippen molar-refractivity contribution in [2.45, 2.75) is 12.0 Å². The Balaban J connectivity index is 2.06. The molecule has 8 nitrogen and oxygen atoms in total. The lowest BCUT2D eigenvalue weighted by Gasteiger charge is -2.26. The van der Waals surface area contributed by atoms with Gasteiger partial charge >= 0.3 is 0 Å². The van der Waals surface area contributed by atoms with Crippen molar-refractivity contribution in [3.05, 3.63) is 0 Å². The molecule has 0 spiro atoms. The van der Waals surface area contributed by atoms with Crippen LogP contribution in [0.3, 0.4) is 0 Å². The third kappa shape index (κ3) is 3.21. The van der Waals surface area contributed by atoms with Gasteiger partial charge in [0, 0.05) is 40.8 Å². The summed E-state index contributed by atoms with van der Waals surface area (Å²) in [5.41, 5.74) is 5.34. The van der Waals surface area contributed by atoms with Gasteiger partial charge in [0.15, 0.2) is 0 Å². The topological polar surface area (TPSA) is 98.4 Å². The molecule has 19 heavy (non-hydrogen) atoms. The molecular weight excluding hydrogens is 248 g/mol. The van der Waals surface area contributed by atoms with Gasteiger partial charge < -0.3 is 25.4 Å². The second kappa shape index (κ2) is 5.54. The first-order valence-corrected chi connectivity index (χ1v) is 6.10. The van der Waals surface area contributed by atoms with E-state index in [1.807, 2.05) is 14.1 Å². The first kappa shape index (κ1) is 13.8. The summed E-state index contributed by atoms with van der Waals surface area (Å²) in [7, 11) is 5.38. The molecule has 0 aliphatic carbocycles. The highest BCUT2D eigenvalue weighted by molar-refractivity contribution is 5.40. The Kier molecular flexibility index (Phi) is 4.01. The van der Waals surface area contributed by atoms with Crippen LogP contribution in [-0.2, 0) is 9.47 Å².